The molecular weight excluding hydrogens is 484 g/mol. The normalized spacial score (nSPS) is 20.8. The number of nitrogens with one attached hydrogen (secondary N) is 1. The van der Waals surface area contributed by atoms with Crippen molar-refractivity contribution in [3.8, 4) is 5.75 Å². The van der Waals surface area contributed by atoms with E-state index in [2.05, 4.69) is 21.2 Å². The Morgan fingerprint density at radius 2 is 1.82 bits per heavy atom. The van der Waals surface area contributed by atoms with Crippen molar-refractivity contribution in [1.29, 1.82) is 0 Å². The first kappa shape index (κ1) is 21.7. The molecule has 7 heteroatoms. The summed E-state index contributed by atoms with van der Waals surface area (Å²) in [4.78, 5) is 18.4. The summed E-state index contributed by atoms with van der Waals surface area (Å²) >= 11 is 3.47. The van der Waals surface area contributed by atoms with Gasteiger partial charge < -0.3 is 19.9 Å². The molecule has 2 heterocycles. The number of halogens is 1. The maximum Gasteiger partial charge on any atom is 0.257 e. The fourth-order valence-electron chi connectivity index (χ4n) is 4.24. The number of aliphatic hydroxyl groups excluding tert-OH is 1. The van der Waals surface area contributed by atoms with Gasteiger partial charge in [0.05, 0.1) is 6.61 Å². The molecule has 1 amide bonds. The lowest BCUT2D eigenvalue weighted by molar-refractivity contribution is -0.124. The van der Waals surface area contributed by atoms with Crippen LogP contribution in [0.4, 0.5) is 5.69 Å². The van der Waals surface area contributed by atoms with Gasteiger partial charge in [-0.25, -0.2) is 4.99 Å². The number of ether oxygens (including phenoxy) is 2. The van der Waals surface area contributed by atoms with Gasteiger partial charge in [-0.1, -0.05) is 46.3 Å². The average Bonchev–Trinajstić information content (AvgIpc) is 3.23. The van der Waals surface area contributed by atoms with Crippen LogP contribution in [0.15, 0.2) is 82.3 Å². The highest BCUT2D eigenvalue weighted by atomic mass is 79.9. The lowest BCUT2D eigenvalue weighted by Gasteiger charge is -2.35. The number of hydrogen-bond donors (Lipinski definition) is 2. The Morgan fingerprint density at radius 3 is 2.58 bits per heavy atom. The van der Waals surface area contributed by atoms with E-state index in [1.165, 1.54) is 0 Å². The second-order valence-corrected chi connectivity index (χ2v) is 9.05. The van der Waals surface area contributed by atoms with Crippen molar-refractivity contribution in [3.63, 3.8) is 0 Å². The number of carbonyl (C=O) groups is 1. The first-order valence-electron chi connectivity index (χ1n) is 10.8. The zero-order chi connectivity index (χ0) is 22.8. The van der Waals surface area contributed by atoms with Crippen molar-refractivity contribution < 1.29 is 19.4 Å². The Labute approximate surface area is 200 Å². The third kappa shape index (κ3) is 4.14. The van der Waals surface area contributed by atoms with Gasteiger partial charge in [0.2, 0.25) is 5.90 Å². The van der Waals surface area contributed by atoms with Crippen LogP contribution in [0.25, 0.3) is 0 Å². The van der Waals surface area contributed by atoms with E-state index in [0.717, 1.165) is 26.9 Å². The number of amides is 1. The van der Waals surface area contributed by atoms with Gasteiger partial charge in [-0.05, 0) is 48.0 Å². The standard InChI is InChI=1S/C26H23BrN2O4/c27-19-10-6-17(7-11-19)16-26-23(21-4-1-2-5-22(21)28-25(26)31)33-24(29-26)18-8-12-20(13-9-18)32-15-3-14-30/h1-2,4-13,23,30H,3,14-16H2,(H,28,31)/t23-,26-/m0/s1. The molecule has 0 saturated carbocycles. The second-order valence-electron chi connectivity index (χ2n) is 8.13. The molecule has 3 aromatic rings. The first-order valence-corrected chi connectivity index (χ1v) is 11.6. The molecule has 0 fully saturated rings. The van der Waals surface area contributed by atoms with Crippen molar-refractivity contribution in [2.45, 2.75) is 24.5 Å². The summed E-state index contributed by atoms with van der Waals surface area (Å²) in [7, 11) is 0. The van der Waals surface area contributed by atoms with Gasteiger partial charge in [0.25, 0.3) is 5.91 Å². The minimum atomic E-state index is -1.10. The summed E-state index contributed by atoms with van der Waals surface area (Å²) in [5.41, 5.74) is 2.34. The maximum atomic E-state index is 13.5. The van der Waals surface area contributed by atoms with Crippen molar-refractivity contribution in [3.05, 3.63) is 94.0 Å². The molecule has 0 saturated heterocycles. The number of anilines is 1. The average molecular weight is 507 g/mol. The Morgan fingerprint density at radius 1 is 1.06 bits per heavy atom. The van der Waals surface area contributed by atoms with Gasteiger partial charge in [0.1, 0.15) is 5.75 Å². The highest BCUT2D eigenvalue weighted by Gasteiger charge is 2.56. The van der Waals surface area contributed by atoms with Crippen molar-refractivity contribution in [1.82, 2.24) is 0 Å². The zero-order valence-electron chi connectivity index (χ0n) is 17.8. The molecule has 2 N–H and O–H groups in total. The predicted octanol–water partition coefficient (Wildman–Crippen LogP) is 4.66. The number of nitrogens with zero attached hydrogens (tertiary/aromatic N) is 1. The van der Waals surface area contributed by atoms with E-state index in [0.29, 0.717) is 31.1 Å². The Kier molecular flexibility index (Phi) is 5.91. The van der Waals surface area contributed by atoms with Crippen LogP contribution in [0.2, 0.25) is 0 Å². The number of benzene rings is 3. The van der Waals surface area contributed by atoms with E-state index >= 15 is 0 Å². The SMILES string of the molecule is O=C1Nc2ccccc2[C@@H]2OC(c3ccc(OCCCO)cc3)=N[C@]12Cc1ccc(Br)cc1. The maximum absolute atomic E-state index is 13.5. The summed E-state index contributed by atoms with van der Waals surface area (Å²) in [6.45, 7) is 0.538. The predicted molar refractivity (Wildman–Crippen MR) is 130 cm³/mol. The molecule has 5 rings (SSSR count). The molecule has 2 atom stereocenters. The molecule has 168 valence electrons. The van der Waals surface area contributed by atoms with Crippen LogP contribution >= 0.6 is 15.9 Å². The largest absolute Gasteiger partial charge is 0.494 e. The second kappa shape index (κ2) is 9.00. The van der Waals surface area contributed by atoms with Gasteiger partial charge >= 0.3 is 0 Å². The Bertz CT molecular complexity index is 1190. The minimum Gasteiger partial charge on any atom is -0.494 e. The smallest absolute Gasteiger partial charge is 0.257 e. The Hall–Kier alpha value is -3.16. The molecule has 33 heavy (non-hydrogen) atoms. The van der Waals surface area contributed by atoms with Crippen LogP contribution in [-0.2, 0) is 16.0 Å². The van der Waals surface area contributed by atoms with Crippen LogP contribution in [0.5, 0.6) is 5.75 Å². The van der Waals surface area contributed by atoms with Gasteiger partial charge in [-0.2, -0.15) is 0 Å². The van der Waals surface area contributed by atoms with Crippen LogP contribution in [-0.4, -0.2) is 35.7 Å². The third-order valence-corrected chi connectivity index (χ3v) is 6.44. The summed E-state index contributed by atoms with van der Waals surface area (Å²) in [5, 5.41) is 12.0. The number of hydrogen-bond acceptors (Lipinski definition) is 5. The number of carbonyl (C=O) groups excluding carboxylic acids is 1. The molecule has 3 aromatic carbocycles. The van der Waals surface area contributed by atoms with E-state index < -0.39 is 11.6 Å². The molecular formula is C26H23BrN2O4. The van der Waals surface area contributed by atoms with Gasteiger partial charge in [-0.15, -0.1) is 0 Å². The van der Waals surface area contributed by atoms with Crippen molar-refractivity contribution in [2.24, 2.45) is 4.99 Å². The monoisotopic (exact) mass is 506 g/mol. The Balaban J connectivity index is 1.51. The molecule has 2 aliphatic heterocycles. The van der Waals surface area contributed by atoms with E-state index in [1.54, 1.807) is 0 Å². The van der Waals surface area contributed by atoms with E-state index in [4.69, 9.17) is 19.6 Å². The summed E-state index contributed by atoms with van der Waals surface area (Å²) in [6, 6.07) is 23.1. The van der Waals surface area contributed by atoms with Gasteiger partial charge in [-0.3, -0.25) is 4.79 Å². The van der Waals surface area contributed by atoms with Crippen LogP contribution in [0, 0.1) is 0 Å². The molecule has 0 radical (unpaired) electrons. The van der Waals surface area contributed by atoms with Crippen LogP contribution < -0.4 is 10.1 Å². The molecule has 0 unspecified atom stereocenters. The van der Waals surface area contributed by atoms with Crippen molar-refractivity contribution >= 4 is 33.4 Å². The van der Waals surface area contributed by atoms with E-state index in [-0.39, 0.29) is 12.5 Å². The highest BCUT2D eigenvalue weighted by molar-refractivity contribution is 9.10. The summed E-state index contributed by atoms with van der Waals surface area (Å²) in [5.74, 6) is 0.967. The summed E-state index contributed by atoms with van der Waals surface area (Å²) < 4.78 is 13.0. The van der Waals surface area contributed by atoms with Gasteiger partial charge in [0.15, 0.2) is 11.6 Å². The van der Waals surface area contributed by atoms with Gasteiger partial charge in [0, 0.05) is 40.7 Å². The molecule has 0 bridgehead atoms. The lowest BCUT2D eigenvalue weighted by Crippen LogP contribution is -2.49. The number of rotatable bonds is 7. The number of aliphatic imine (C=N–C) groups is 1. The fraction of sp³-hybridized carbons (Fsp3) is 0.231. The number of para-hydroxylation sites is 1. The first-order chi connectivity index (χ1) is 16.1. The lowest BCUT2D eigenvalue weighted by atomic mass is 9.79. The molecule has 0 aromatic heterocycles. The van der Waals surface area contributed by atoms with E-state index in [1.807, 2.05) is 72.8 Å². The third-order valence-electron chi connectivity index (χ3n) is 5.91. The van der Waals surface area contributed by atoms with Crippen LogP contribution in [0.3, 0.4) is 0 Å². The quantitative estimate of drug-likeness (QED) is 0.456. The summed E-state index contributed by atoms with van der Waals surface area (Å²) in [6.07, 6.45) is 0.463. The zero-order valence-corrected chi connectivity index (χ0v) is 19.4. The fourth-order valence-corrected chi connectivity index (χ4v) is 4.51. The van der Waals surface area contributed by atoms with Crippen LogP contribution in [0.1, 0.15) is 29.2 Å². The van der Waals surface area contributed by atoms with Crippen molar-refractivity contribution in [2.75, 3.05) is 18.5 Å². The number of fused-ring (bicyclic) bond motifs is 3. The molecule has 0 spiro atoms. The van der Waals surface area contributed by atoms with E-state index in [9.17, 15) is 4.79 Å². The molecule has 6 nitrogen and oxygen atoms in total. The molecule has 0 aliphatic carbocycles. The number of aliphatic hydroxyl groups is 1. The molecule has 2 aliphatic rings. The minimum absolute atomic E-state index is 0.0914. The topological polar surface area (TPSA) is 80.2 Å². The highest BCUT2D eigenvalue weighted by Crippen LogP contribution is 2.47.